The third kappa shape index (κ3) is 3.83. The van der Waals surface area contributed by atoms with Gasteiger partial charge in [0.1, 0.15) is 12.3 Å². The maximum Gasteiger partial charge on any atom is 0.287 e. The van der Waals surface area contributed by atoms with Crippen LogP contribution in [0, 0.1) is 0 Å². The van der Waals surface area contributed by atoms with Gasteiger partial charge in [-0.1, -0.05) is 23.7 Å². The monoisotopic (exact) mass is 586 g/mol. The van der Waals surface area contributed by atoms with Gasteiger partial charge in [-0.15, -0.1) is 0 Å². The maximum absolute atomic E-state index is 14.0. The minimum atomic E-state index is -4.00. The fraction of sp³-hybridized carbons (Fsp3) is 0.519. The van der Waals surface area contributed by atoms with Gasteiger partial charge in [-0.3, -0.25) is 14.5 Å². The number of nitrogens with zero attached hydrogens (tertiary/aromatic N) is 6. The molecule has 7 rings (SSSR count). The SMILES string of the molecule is CC(=O)N1CN2C3(CCN(C4=NCCO4)CC3)CN3C(=O)CN(S(=O)(=O)c4ccc5cc(Cl)ccc5c4)CC32C1. The summed E-state index contributed by atoms with van der Waals surface area (Å²) < 4.78 is 35.0. The first-order chi connectivity index (χ1) is 19.1. The van der Waals surface area contributed by atoms with Crippen LogP contribution in [0.15, 0.2) is 46.3 Å². The van der Waals surface area contributed by atoms with Crippen LogP contribution in [0.25, 0.3) is 10.8 Å². The molecule has 2 spiro atoms. The highest BCUT2D eigenvalue weighted by Gasteiger charge is 2.67. The van der Waals surface area contributed by atoms with Crippen molar-refractivity contribution in [3.05, 3.63) is 41.4 Å². The molecule has 1 atom stereocenters. The number of aliphatic imine (C=N–C) groups is 1. The molecule has 1 unspecified atom stereocenters. The summed E-state index contributed by atoms with van der Waals surface area (Å²) in [5.41, 5.74) is -1.28. The maximum atomic E-state index is 14.0. The van der Waals surface area contributed by atoms with Crippen molar-refractivity contribution >= 4 is 50.2 Å². The molecule has 0 saturated carbocycles. The molecule has 0 aliphatic carbocycles. The Bertz CT molecular complexity index is 1560. The van der Waals surface area contributed by atoms with E-state index >= 15 is 0 Å². The van der Waals surface area contributed by atoms with E-state index in [9.17, 15) is 18.0 Å². The van der Waals surface area contributed by atoms with Gasteiger partial charge >= 0.3 is 0 Å². The number of likely N-dealkylation sites (tertiary alicyclic amines) is 1. The number of sulfonamides is 1. The van der Waals surface area contributed by atoms with E-state index in [2.05, 4.69) is 14.8 Å². The lowest BCUT2D eigenvalue weighted by molar-refractivity contribution is -0.144. The molecule has 2 aromatic carbocycles. The lowest BCUT2D eigenvalue weighted by Crippen LogP contribution is -2.68. The Labute approximate surface area is 237 Å². The summed E-state index contributed by atoms with van der Waals surface area (Å²) >= 11 is 6.11. The number of hydrogen-bond donors (Lipinski definition) is 0. The van der Waals surface area contributed by atoms with Gasteiger partial charge < -0.3 is 19.4 Å². The molecule has 4 fully saturated rings. The average molecular weight is 587 g/mol. The lowest BCUT2D eigenvalue weighted by atomic mass is 9.86. The first-order valence-corrected chi connectivity index (χ1v) is 15.4. The van der Waals surface area contributed by atoms with Crippen LogP contribution < -0.4 is 0 Å². The zero-order valence-corrected chi connectivity index (χ0v) is 23.8. The Kier molecular flexibility index (Phi) is 5.87. The van der Waals surface area contributed by atoms with E-state index in [-0.39, 0.29) is 41.9 Å². The number of benzene rings is 2. The number of piperidine rings is 1. The first kappa shape index (κ1) is 26.0. The molecule has 2 amide bonds. The zero-order chi connectivity index (χ0) is 27.9. The van der Waals surface area contributed by atoms with Gasteiger partial charge in [0.15, 0.2) is 0 Å². The van der Waals surface area contributed by atoms with Crippen molar-refractivity contribution in [1.82, 2.24) is 23.9 Å². The second kappa shape index (κ2) is 9.04. The van der Waals surface area contributed by atoms with Crippen LogP contribution in [0.1, 0.15) is 19.8 Å². The van der Waals surface area contributed by atoms with Gasteiger partial charge in [-0.2, -0.15) is 4.31 Å². The summed E-state index contributed by atoms with van der Waals surface area (Å²) in [6, 6.07) is 10.9. The van der Waals surface area contributed by atoms with Crippen molar-refractivity contribution in [2.75, 3.05) is 59.1 Å². The topological polar surface area (TPSA) is 106 Å². The summed E-state index contributed by atoms with van der Waals surface area (Å²) in [7, 11) is -4.00. The number of carbonyl (C=O) groups is 2. The van der Waals surface area contributed by atoms with Crippen LogP contribution in [-0.2, 0) is 24.3 Å². The highest BCUT2D eigenvalue weighted by molar-refractivity contribution is 7.89. The molecule has 40 heavy (non-hydrogen) atoms. The fourth-order valence-electron chi connectivity index (χ4n) is 7.15. The van der Waals surface area contributed by atoms with Gasteiger partial charge in [0, 0.05) is 37.1 Å². The molecule has 0 aromatic heterocycles. The van der Waals surface area contributed by atoms with Crippen molar-refractivity contribution in [3.63, 3.8) is 0 Å². The molecule has 5 aliphatic heterocycles. The number of carbonyl (C=O) groups excluding carboxylic acids is 2. The van der Waals surface area contributed by atoms with E-state index in [1.54, 1.807) is 41.3 Å². The van der Waals surface area contributed by atoms with Crippen molar-refractivity contribution in [3.8, 4) is 0 Å². The number of fused-ring (bicyclic) bond motifs is 2. The largest absolute Gasteiger partial charge is 0.463 e. The Morgan fingerprint density at radius 3 is 2.52 bits per heavy atom. The Morgan fingerprint density at radius 2 is 1.80 bits per heavy atom. The summed E-state index contributed by atoms with van der Waals surface area (Å²) in [6.45, 7) is 5.24. The van der Waals surface area contributed by atoms with Gasteiger partial charge in [0.25, 0.3) is 6.02 Å². The molecule has 0 radical (unpaired) electrons. The number of hydrogen-bond acceptors (Lipinski definition) is 8. The van der Waals surface area contributed by atoms with Crippen molar-refractivity contribution in [2.24, 2.45) is 4.99 Å². The Hall–Kier alpha value is -2.93. The summed E-state index contributed by atoms with van der Waals surface area (Å²) in [5, 5.41) is 2.16. The molecule has 11 nitrogen and oxygen atoms in total. The molecule has 5 heterocycles. The van der Waals surface area contributed by atoms with Gasteiger partial charge in [-0.05, 0) is 47.9 Å². The minimum Gasteiger partial charge on any atom is -0.463 e. The fourth-order valence-corrected chi connectivity index (χ4v) is 8.80. The van der Waals surface area contributed by atoms with E-state index in [0.717, 1.165) is 36.7 Å². The smallest absolute Gasteiger partial charge is 0.287 e. The zero-order valence-electron chi connectivity index (χ0n) is 22.3. The number of amidine groups is 1. The molecular weight excluding hydrogens is 556 g/mol. The average Bonchev–Trinajstić information content (AvgIpc) is 3.65. The summed E-state index contributed by atoms with van der Waals surface area (Å²) in [5.74, 6) is -0.328. The second-order valence-electron chi connectivity index (χ2n) is 11.4. The van der Waals surface area contributed by atoms with Crippen LogP contribution in [-0.4, -0.2) is 120 Å². The molecule has 0 N–H and O–H groups in total. The van der Waals surface area contributed by atoms with Crippen LogP contribution in [0.4, 0.5) is 0 Å². The molecule has 2 aromatic rings. The van der Waals surface area contributed by atoms with Crippen LogP contribution in [0.2, 0.25) is 5.02 Å². The number of halogens is 1. The molecule has 13 heteroatoms. The third-order valence-corrected chi connectivity index (χ3v) is 11.2. The van der Waals surface area contributed by atoms with Crippen LogP contribution >= 0.6 is 11.6 Å². The predicted octanol–water partition coefficient (Wildman–Crippen LogP) is 1.38. The number of ether oxygens (including phenoxy) is 1. The molecule has 212 valence electrons. The van der Waals surface area contributed by atoms with Crippen LogP contribution in [0.3, 0.4) is 0 Å². The predicted molar refractivity (Wildman–Crippen MR) is 148 cm³/mol. The molecule has 4 saturated heterocycles. The molecule has 0 bridgehead atoms. The van der Waals surface area contributed by atoms with Crippen molar-refractivity contribution < 1.29 is 22.7 Å². The van der Waals surface area contributed by atoms with E-state index in [0.29, 0.717) is 37.4 Å². The lowest BCUT2D eigenvalue weighted by Gasteiger charge is -2.48. The van der Waals surface area contributed by atoms with E-state index < -0.39 is 15.7 Å². The number of piperazine rings is 1. The van der Waals surface area contributed by atoms with E-state index in [1.807, 2.05) is 4.90 Å². The Balaban J connectivity index is 1.22. The Morgan fingerprint density at radius 1 is 1.05 bits per heavy atom. The highest BCUT2D eigenvalue weighted by atomic mass is 35.5. The van der Waals surface area contributed by atoms with Crippen molar-refractivity contribution in [2.45, 2.75) is 35.9 Å². The second-order valence-corrected chi connectivity index (χ2v) is 13.8. The standard InChI is InChI=1S/C27H31ClN6O5S/c1-19(35)31-16-27-17-32(40(37,38)23-5-3-20-12-22(28)4-2-21(20)13-23)14-24(36)33(27)15-26(34(27)18-31)6-9-30(10-7-26)25-29-8-11-39-25/h2-5,12-13H,6-11,14-18H2,1H3. The first-order valence-electron chi connectivity index (χ1n) is 13.6. The van der Waals surface area contributed by atoms with E-state index in [4.69, 9.17) is 16.3 Å². The van der Waals surface area contributed by atoms with Crippen molar-refractivity contribution in [1.29, 1.82) is 0 Å². The van der Waals surface area contributed by atoms with Gasteiger partial charge in [-0.25, -0.2) is 13.4 Å². The summed E-state index contributed by atoms with van der Waals surface area (Å²) in [6.07, 6.45) is 1.51. The molecule has 5 aliphatic rings. The normalized spacial score (nSPS) is 26.8. The number of rotatable bonds is 2. The summed E-state index contributed by atoms with van der Waals surface area (Å²) in [4.78, 5) is 38.9. The van der Waals surface area contributed by atoms with Gasteiger partial charge in [0.2, 0.25) is 21.8 Å². The minimum absolute atomic E-state index is 0.0920. The third-order valence-electron chi connectivity index (χ3n) is 9.22. The van der Waals surface area contributed by atoms with Gasteiger partial charge in [0.05, 0.1) is 37.7 Å². The number of amides is 2. The highest BCUT2D eigenvalue weighted by Crippen LogP contribution is 2.49. The quantitative estimate of drug-likeness (QED) is 0.523. The van der Waals surface area contributed by atoms with E-state index in [1.165, 1.54) is 11.2 Å². The molecular formula is C27H31ClN6O5S. The van der Waals surface area contributed by atoms with Crippen LogP contribution in [0.5, 0.6) is 0 Å².